The van der Waals surface area contributed by atoms with E-state index < -0.39 is 21.3 Å². The molecule has 0 aromatic heterocycles. The van der Waals surface area contributed by atoms with Crippen LogP contribution in [0.2, 0.25) is 0 Å². The highest BCUT2D eigenvalue weighted by Crippen LogP contribution is 2.68. The van der Waals surface area contributed by atoms with Crippen molar-refractivity contribution in [2.75, 3.05) is 25.6 Å². The fraction of sp³-hybridized carbons (Fsp3) is 0.565. The van der Waals surface area contributed by atoms with Crippen LogP contribution in [0.3, 0.4) is 0 Å². The van der Waals surface area contributed by atoms with Gasteiger partial charge in [-0.1, -0.05) is 35.9 Å². The van der Waals surface area contributed by atoms with Crippen molar-refractivity contribution in [2.45, 2.75) is 60.9 Å². The van der Waals surface area contributed by atoms with Crippen LogP contribution in [0.15, 0.2) is 24.3 Å². The van der Waals surface area contributed by atoms with Crippen LogP contribution in [0.1, 0.15) is 45.1 Å². The molecule has 34 heavy (non-hydrogen) atoms. The Hall–Kier alpha value is -2.40. The van der Waals surface area contributed by atoms with E-state index in [1.165, 1.54) is 33.4 Å². The van der Waals surface area contributed by atoms with E-state index in [2.05, 4.69) is 12.2 Å². The minimum atomic E-state index is -1.36. The number of likely N-dealkylation sites (N-methyl/N-ethyl adjacent to an activating group) is 1. The van der Waals surface area contributed by atoms with Gasteiger partial charge < -0.3 is 24.5 Å². The van der Waals surface area contributed by atoms with Crippen LogP contribution in [0.5, 0.6) is 0 Å². The fourth-order valence-corrected chi connectivity index (χ4v) is 9.19. The number of hydrogen-bond donors (Lipinski definition) is 1. The third-order valence-electron chi connectivity index (χ3n) is 7.27. The molecule has 9 nitrogen and oxygen atoms in total. The van der Waals surface area contributed by atoms with Gasteiger partial charge in [0.25, 0.3) is 11.8 Å². The number of carbonyl (C=O) groups excluding carboxylic acids is 4. The molecule has 5 aliphatic rings. The molecule has 5 heterocycles. The summed E-state index contributed by atoms with van der Waals surface area (Å²) in [5.41, 5.74) is 1.65. The number of fused-ring (bicyclic) bond motifs is 5. The van der Waals surface area contributed by atoms with Gasteiger partial charge in [-0.2, -0.15) is 0 Å². The maximum absolute atomic E-state index is 13.9. The van der Waals surface area contributed by atoms with Gasteiger partial charge in [-0.25, -0.2) is 4.79 Å². The van der Waals surface area contributed by atoms with Crippen molar-refractivity contribution >= 4 is 51.0 Å². The number of amides is 2. The summed E-state index contributed by atoms with van der Waals surface area (Å²) in [6.07, 6.45) is 0.853. The number of hydrogen-bond acceptors (Lipinski definition) is 9. The van der Waals surface area contributed by atoms with Crippen LogP contribution in [0.25, 0.3) is 0 Å². The summed E-state index contributed by atoms with van der Waals surface area (Å²) in [4.78, 5) is 51.5. The van der Waals surface area contributed by atoms with E-state index in [1.807, 2.05) is 24.3 Å². The van der Waals surface area contributed by atoms with Crippen LogP contribution < -0.4 is 5.32 Å². The summed E-state index contributed by atoms with van der Waals surface area (Å²) >= 11 is 0. The molecule has 0 aliphatic carbocycles. The first-order valence-corrected chi connectivity index (χ1v) is 13.4. The molecule has 0 saturated carbocycles. The normalized spacial score (nSPS) is 32.7. The molecule has 4 saturated heterocycles. The van der Waals surface area contributed by atoms with Crippen molar-refractivity contribution in [3.8, 4) is 0 Å². The molecule has 1 aromatic rings. The van der Waals surface area contributed by atoms with Crippen LogP contribution in [-0.4, -0.2) is 69.7 Å². The first kappa shape index (κ1) is 23.3. The lowest BCUT2D eigenvalue weighted by Gasteiger charge is -2.57. The van der Waals surface area contributed by atoms with Gasteiger partial charge in [0.1, 0.15) is 18.6 Å². The van der Waals surface area contributed by atoms with Gasteiger partial charge in [0.05, 0.1) is 6.61 Å². The molecule has 5 aliphatic heterocycles. The van der Waals surface area contributed by atoms with E-state index in [-0.39, 0.29) is 37.0 Å². The maximum atomic E-state index is 13.9. The van der Waals surface area contributed by atoms with E-state index in [4.69, 9.17) is 9.47 Å². The molecule has 2 bridgehead atoms. The second-order valence-corrected chi connectivity index (χ2v) is 12.2. The lowest BCUT2D eigenvalue weighted by molar-refractivity contribution is -0.166. The third kappa shape index (κ3) is 3.16. The monoisotopic (exact) mass is 505 g/mol. The molecule has 4 atom stereocenters. The summed E-state index contributed by atoms with van der Waals surface area (Å²) in [6, 6.07) is 7.95. The van der Waals surface area contributed by atoms with Gasteiger partial charge in [-0.3, -0.25) is 14.5 Å². The number of rotatable bonds is 7. The summed E-state index contributed by atoms with van der Waals surface area (Å²) in [7, 11) is 4.25. The Bertz CT molecular complexity index is 1080. The van der Waals surface area contributed by atoms with Crippen LogP contribution in [0.4, 0.5) is 10.5 Å². The van der Waals surface area contributed by atoms with E-state index in [9.17, 15) is 19.2 Å². The standard InChI is InChI=1S/C23H27N3O6S2/c1-14(27)8-6-7-11-31-20(30)32-13-23-19(29)26-17-21(2,15-9-4-5-10-16(15)24-17)12-22(26,33-34-23)18(28)25(23)3/h4-5,9-10,17,24H,6-8,11-13H2,1-3H3/t17-,21-,22+,23+/m1/s1. The molecule has 0 radical (unpaired) electrons. The molecule has 2 amide bonds. The maximum Gasteiger partial charge on any atom is 0.508 e. The van der Waals surface area contributed by atoms with Gasteiger partial charge in [-0.15, -0.1) is 0 Å². The van der Waals surface area contributed by atoms with E-state index >= 15 is 0 Å². The topological polar surface area (TPSA) is 105 Å². The minimum absolute atomic E-state index is 0.0888. The first-order chi connectivity index (χ1) is 16.2. The second-order valence-electron chi connectivity index (χ2n) is 9.51. The Balaban J connectivity index is 1.33. The molecule has 1 aromatic carbocycles. The van der Waals surface area contributed by atoms with Crippen molar-refractivity contribution in [2.24, 2.45) is 0 Å². The number of carbonyl (C=O) groups is 4. The average molecular weight is 506 g/mol. The molecule has 6 rings (SSSR count). The van der Waals surface area contributed by atoms with Crippen molar-refractivity contribution < 1.29 is 28.7 Å². The minimum Gasteiger partial charge on any atom is -0.434 e. The summed E-state index contributed by atoms with van der Waals surface area (Å²) in [6.45, 7) is 3.43. The van der Waals surface area contributed by atoms with Crippen molar-refractivity contribution in [3.05, 3.63) is 29.8 Å². The molecular weight excluding hydrogens is 478 g/mol. The molecular formula is C23H27N3O6S2. The third-order valence-corrected chi connectivity index (χ3v) is 10.9. The Labute approximate surface area is 205 Å². The Kier molecular flexibility index (Phi) is 5.55. The van der Waals surface area contributed by atoms with Gasteiger partial charge in [0.2, 0.25) is 4.87 Å². The lowest BCUT2D eigenvalue weighted by Crippen LogP contribution is -2.77. The number of ketones is 1. The number of nitrogens with one attached hydrogen (secondary N) is 1. The SMILES string of the molecule is CC(=O)CCCCOC(=O)OC[C@]12SS[C@@]3(C[C@]4(C)c5ccccc5N[C@@H]4N3C1=O)C(=O)N2C. The lowest BCUT2D eigenvalue weighted by atomic mass is 9.80. The molecule has 4 fully saturated rings. The zero-order chi connectivity index (χ0) is 24.3. The molecule has 1 N–H and O–H groups in total. The van der Waals surface area contributed by atoms with Crippen molar-refractivity contribution in [3.63, 3.8) is 0 Å². The van der Waals surface area contributed by atoms with Gasteiger partial charge in [0.15, 0.2) is 4.87 Å². The molecule has 0 unspecified atom stereocenters. The number of ether oxygens (including phenoxy) is 2. The van der Waals surface area contributed by atoms with Gasteiger partial charge in [-0.05, 0) is 42.2 Å². The second kappa shape index (κ2) is 8.08. The predicted octanol–water partition coefficient (Wildman–Crippen LogP) is 3.10. The summed E-state index contributed by atoms with van der Waals surface area (Å²) in [5, 5.41) is 3.47. The Morgan fingerprint density at radius 2 is 1.91 bits per heavy atom. The van der Waals surface area contributed by atoms with E-state index in [0.717, 1.165) is 11.3 Å². The average Bonchev–Trinajstić information content (AvgIpc) is 3.23. The molecule has 1 spiro atoms. The number of piperazine rings is 1. The highest BCUT2D eigenvalue weighted by molar-refractivity contribution is 8.78. The van der Waals surface area contributed by atoms with Crippen molar-refractivity contribution in [1.82, 2.24) is 9.80 Å². The van der Waals surface area contributed by atoms with Crippen LogP contribution in [0, 0.1) is 0 Å². The summed E-state index contributed by atoms with van der Waals surface area (Å²) < 4.78 is 10.4. The molecule has 11 heteroatoms. The van der Waals surface area contributed by atoms with Crippen LogP contribution in [-0.2, 0) is 29.3 Å². The quantitative estimate of drug-likeness (QED) is 0.340. The predicted molar refractivity (Wildman–Crippen MR) is 128 cm³/mol. The highest BCUT2D eigenvalue weighted by Gasteiger charge is 2.77. The van der Waals surface area contributed by atoms with Gasteiger partial charge in [0, 0.05) is 31.0 Å². The Morgan fingerprint density at radius 3 is 2.68 bits per heavy atom. The number of unbranched alkanes of at least 4 members (excludes halogenated alkanes) is 1. The highest BCUT2D eigenvalue weighted by atomic mass is 33.1. The van der Waals surface area contributed by atoms with E-state index in [0.29, 0.717) is 25.7 Å². The zero-order valence-corrected chi connectivity index (χ0v) is 20.9. The number of para-hydroxylation sites is 1. The first-order valence-electron chi connectivity index (χ1n) is 11.3. The number of benzene rings is 1. The number of Topliss-reactive ketones (excluding diaryl/α,β-unsaturated/α-hetero) is 1. The fourth-order valence-electron chi connectivity index (χ4n) is 5.46. The smallest absolute Gasteiger partial charge is 0.434 e. The van der Waals surface area contributed by atoms with Gasteiger partial charge >= 0.3 is 6.16 Å². The Morgan fingerprint density at radius 1 is 1.15 bits per heavy atom. The van der Waals surface area contributed by atoms with E-state index in [1.54, 1.807) is 11.9 Å². The zero-order valence-electron chi connectivity index (χ0n) is 19.3. The number of nitrogens with zero attached hydrogens (tertiary/aromatic N) is 2. The molecule has 182 valence electrons. The largest absolute Gasteiger partial charge is 0.508 e. The van der Waals surface area contributed by atoms with Crippen LogP contribution >= 0.6 is 21.6 Å². The van der Waals surface area contributed by atoms with Crippen molar-refractivity contribution in [1.29, 1.82) is 0 Å². The number of anilines is 1. The summed E-state index contributed by atoms with van der Waals surface area (Å²) in [5.74, 6) is -0.320.